The Morgan fingerprint density at radius 1 is 0.256 bits per heavy atom. The highest BCUT2D eigenvalue weighted by Crippen LogP contribution is 2.56. The van der Waals surface area contributed by atoms with Gasteiger partial charge in [0.2, 0.25) is 0 Å². The van der Waals surface area contributed by atoms with Crippen LogP contribution < -0.4 is 0 Å². The second kappa shape index (κ2) is 18.1. The molecule has 0 atom stereocenters. The van der Waals surface area contributed by atoms with Gasteiger partial charge in [-0.15, -0.1) is 0 Å². The molecular formula is C85H61N5. The van der Waals surface area contributed by atoms with Crippen LogP contribution in [0.2, 0.25) is 0 Å². The molecule has 12 aromatic carbocycles. The van der Waals surface area contributed by atoms with Crippen LogP contribution in [0.15, 0.2) is 261 Å². The molecule has 0 aliphatic heterocycles. The number of hydrogen-bond donors (Lipinski definition) is 0. The zero-order valence-corrected chi connectivity index (χ0v) is 51.1. The second-order valence-corrected chi connectivity index (χ2v) is 26.8. The van der Waals surface area contributed by atoms with Crippen molar-refractivity contribution in [1.29, 1.82) is 0 Å². The molecule has 426 valence electrons. The van der Waals surface area contributed by atoms with Crippen molar-refractivity contribution in [3.8, 4) is 84.3 Å². The molecule has 0 N–H and O–H groups in total. The van der Waals surface area contributed by atoms with Crippen LogP contribution in [0.3, 0.4) is 0 Å². The highest BCUT2D eigenvalue weighted by Gasteiger charge is 2.41. The Hall–Kier alpha value is -10.9. The van der Waals surface area contributed by atoms with E-state index in [-0.39, 0.29) is 16.2 Å². The summed E-state index contributed by atoms with van der Waals surface area (Å²) in [5, 5.41) is 7.49. The van der Waals surface area contributed by atoms with E-state index in [1.54, 1.807) is 0 Å². The minimum absolute atomic E-state index is 0.200. The zero-order valence-electron chi connectivity index (χ0n) is 51.1. The maximum absolute atomic E-state index is 5.67. The van der Waals surface area contributed by atoms with E-state index in [2.05, 4.69) is 316 Å². The lowest BCUT2D eigenvalue weighted by atomic mass is 9.81. The number of para-hydroxylation sites is 3. The number of nitrogens with zero attached hydrogens (tertiary/aromatic N) is 5. The van der Waals surface area contributed by atoms with Gasteiger partial charge in [0.25, 0.3) is 0 Å². The molecular weight excluding hydrogens is 1090 g/mol. The van der Waals surface area contributed by atoms with Crippen LogP contribution in [0.4, 0.5) is 0 Å². The molecule has 0 saturated heterocycles. The summed E-state index contributed by atoms with van der Waals surface area (Å²) in [5.74, 6) is 0.659. The van der Waals surface area contributed by atoms with Gasteiger partial charge in [-0.05, 0) is 127 Å². The molecule has 4 heterocycles. The van der Waals surface area contributed by atoms with E-state index in [0.29, 0.717) is 5.82 Å². The van der Waals surface area contributed by atoms with E-state index < -0.39 is 0 Å². The molecule has 4 aromatic heterocycles. The predicted octanol–water partition coefficient (Wildman–Crippen LogP) is 21.7. The first-order chi connectivity index (χ1) is 43.9. The molecule has 19 rings (SSSR count). The van der Waals surface area contributed by atoms with Crippen molar-refractivity contribution < 1.29 is 0 Å². The van der Waals surface area contributed by atoms with Crippen molar-refractivity contribution in [2.24, 2.45) is 0 Å². The Labute approximate surface area is 522 Å². The summed E-state index contributed by atoms with van der Waals surface area (Å²) in [6, 6.07) is 96.9. The van der Waals surface area contributed by atoms with Gasteiger partial charge in [0.1, 0.15) is 0 Å². The molecule has 3 aliphatic carbocycles. The quantitative estimate of drug-likeness (QED) is 0.166. The maximum atomic E-state index is 5.67. The van der Waals surface area contributed by atoms with Gasteiger partial charge in [-0.1, -0.05) is 242 Å². The Balaban J connectivity index is 0.812. The number of rotatable bonds is 6. The average molecular weight is 1150 g/mol. The van der Waals surface area contributed by atoms with Crippen molar-refractivity contribution >= 4 is 65.4 Å². The fourth-order valence-corrected chi connectivity index (χ4v) is 17.0. The first kappa shape index (κ1) is 51.2. The highest BCUT2D eigenvalue weighted by atomic mass is 15.0. The zero-order chi connectivity index (χ0) is 60.1. The molecule has 5 nitrogen and oxygen atoms in total. The lowest BCUT2D eigenvalue weighted by Crippen LogP contribution is -2.16. The summed E-state index contributed by atoms with van der Waals surface area (Å²) in [7, 11) is 0. The Morgan fingerprint density at radius 3 is 1.04 bits per heavy atom. The smallest absolute Gasteiger partial charge is 0.160 e. The third-order valence-corrected chi connectivity index (χ3v) is 21.0. The van der Waals surface area contributed by atoms with E-state index in [9.17, 15) is 0 Å². The molecule has 0 unspecified atom stereocenters. The van der Waals surface area contributed by atoms with Gasteiger partial charge < -0.3 is 13.7 Å². The van der Waals surface area contributed by atoms with Crippen molar-refractivity contribution in [2.75, 3.05) is 0 Å². The largest absolute Gasteiger partial charge is 0.309 e. The van der Waals surface area contributed by atoms with Crippen LogP contribution in [0.25, 0.3) is 150 Å². The van der Waals surface area contributed by atoms with E-state index in [1.165, 1.54) is 132 Å². The first-order valence-electron chi connectivity index (χ1n) is 31.6. The lowest BCUT2D eigenvalue weighted by molar-refractivity contribution is 0.663. The van der Waals surface area contributed by atoms with Crippen molar-refractivity contribution in [1.82, 2.24) is 23.7 Å². The summed E-state index contributed by atoms with van der Waals surface area (Å²) >= 11 is 0. The minimum atomic E-state index is -0.226. The van der Waals surface area contributed by atoms with E-state index in [4.69, 9.17) is 9.97 Å². The number of hydrogen-bond acceptors (Lipinski definition) is 2. The van der Waals surface area contributed by atoms with Crippen LogP contribution in [-0.4, -0.2) is 23.7 Å². The average Bonchev–Trinajstić information content (AvgIpc) is 1.56. The van der Waals surface area contributed by atoms with Gasteiger partial charge in [0.15, 0.2) is 5.82 Å². The van der Waals surface area contributed by atoms with E-state index in [1.807, 2.05) is 0 Å². The molecule has 0 radical (unpaired) electrons. The van der Waals surface area contributed by atoms with Crippen LogP contribution in [0, 0.1) is 0 Å². The minimum Gasteiger partial charge on any atom is -0.309 e. The van der Waals surface area contributed by atoms with Crippen LogP contribution in [-0.2, 0) is 16.2 Å². The number of benzene rings is 12. The molecule has 3 aliphatic rings. The fraction of sp³-hybridized carbons (Fsp3) is 0.106. The standard InChI is InChI=1S/C85H61N5/c1-83(2)68-31-13-7-25-56(68)62-41-44-65-59-28-10-16-34-73(59)88(79(65)76(62)83)53-39-37-50(38-40-53)71-49-72(51-21-19-23-54(47-51)89-74-35-17-11-29-60(74)66-45-42-63-57-26-8-14-32-69(57)84(3,4)77(63)80(66)89)87-82(86-71)52-22-20-24-55(48-52)90-75-36-18-12-30-61(75)67-46-43-64-58-27-9-15-33-70(58)85(5,6)78(64)81(67)90/h7-49H,1-6H3. The Kier molecular flexibility index (Phi) is 10.3. The summed E-state index contributed by atoms with van der Waals surface area (Å²) in [6.45, 7) is 14.3. The third kappa shape index (κ3) is 6.81. The van der Waals surface area contributed by atoms with Crippen molar-refractivity contribution in [3.63, 3.8) is 0 Å². The molecule has 0 amide bonds. The monoisotopic (exact) mass is 1150 g/mol. The molecule has 0 spiro atoms. The lowest BCUT2D eigenvalue weighted by Gasteiger charge is -2.24. The van der Waals surface area contributed by atoms with Gasteiger partial charge in [-0.2, -0.15) is 0 Å². The number of fused-ring (bicyclic) bond motifs is 21. The predicted molar refractivity (Wildman–Crippen MR) is 374 cm³/mol. The summed E-state index contributed by atoms with van der Waals surface area (Å²) in [6.07, 6.45) is 0. The first-order valence-corrected chi connectivity index (χ1v) is 31.6. The molecule has 90 heavy (non-hydrogen) atoms. The van der Waals surface area contributed by atoms with Crippen LogP contribution >= 0.6 is 0 Å². The molecule has 0 fully saturated rings. The molecule has 5 heteroatoms. The summed E-state index contributed by atoms with van der Waals surface area (Å²) in [4.78, 5) is 11.3. The maximum Gasteiger partial charge on any atom is 0.160 e. The fourth-order valence-electron chi connectivity index (χ4n) is 17.0. The Bertz CT molecular complexity index is 5580. The molecule has 0 bridgehead atoms. The third-order valence-electron chi connectivity index (χ3n) is 21.0. The van der Waals surface area contributed by atoms with Gasteiger partial charge in [-0.3, -0.25) is 0 Å². The van der Waals surface area contributed by atoms with Gasteiger partial charge in [0.05, 0.1) is 44.5 Å². The number of aromatic nitrogens is 5. The topological polar surface area (TPSA) is 40.6 Å². The molecule has 0 saturated carbocycles. The van der Waals surface area contributed by atoms with Crippen molar-refractivity contribution in [3.05, 3.63) is 294 Å². The van der Waals surface area contributed by atoms with Gasteiger partial charge >= 0.3 is 0 Å². The van der Waals surface area contributed by atoms with Gasteiger partial charge in [-0.25, -0.2) is 9.97 Å². The normalized spacial score (nSPS) is 14.6. The Morgan fingerprint density at radius 2 is 0.611 bits per heavy atom. The molecule has 16 aromatic rings. The van der Waals surface area contributed by atoms with Crippen molar-refractivity contribution in [2.45, 2.75) is 57.8 Å². The van der Waals surface area contributed by atoms with Crippen LogP contribution in [0.1, 0.15) is 74.9 Å². The summed E-state index contributed by atoms with van der Waals surface area (Å²) < 4.78 is 7.51. The summed E-state index contributed by atoms with van der Waals surface area (Å²) in [5.41, 5.74) is 30.6. The van der Waals surface area contributed by atoms with E-state index in [0.717, 1.165) is 45.1 Å². The highest BCUT2D eigenvalue weighted by molar-refractivity contribution is 6.16. The second-order valence-electron chi connectivity index (χ2n) is 26.8. The van der Waals surface area contributed by atoms with Crippen LogP contribution in [0.5, 0.6) is 0 Å². The SMILES string of the molecule is CC1(C)c2ccccc2-c2ccc3c4ccccc4n(-c4ccc(-c5cc(-c6cccc(-n7c8ccccc8c8ccc9c(c87)C(C)(C)c7ccccc7-9)c6)nc(-c6cccc(-n7c8ccccc8c8ccc9c(c87)C(C)(C)c7ccccc7-9)c6)n5)cc4)c3c21. The van der Waals surface area contributed by atoms with Gasteiger partial charge in [0, 0.05) is 82.3 Å². The van der Waals surface area contributed by atoms with E-state index >= 15 is 0 Å².